The molecule has 4 aliphatic rings. The highest BCUT2D eigenvalue weighted by atomic mass is 16.1. The second kappa shape index (κ2) is 6.57. The Balaban J connectivity index is 1.39. The van der Waals surface area contributed by atoms with Crippen LogP contribution in [0.5, 0.6) is 0 Å². The van der Waals surface area contributed by atoms with E-state index < -0.39 is 0 Å². The van der Waals surface area contributed by atoms with Gasteiger partial charge in [0.15, 0.2) is 0 Å². The van der Waals surface area contributed by atoms with Gasteiger partial charge in [0.2, 0.25) is 5.91 Å². The first-order chi connectivity index (χ1) is 13.5. The first-order valence-electron chi connectivity index (χ1n) is 11.1. The van der Waals surface area contributed by atoms with E-state index in [9.17, 15) is 4.79 Å². The van der Waals surface area contributed by atoms with Crippen LogP contribution in [-0.2, 0) is 4.79 Å². The lowest BCUT2D eigenvalue weighted by Gasteiger charge is -2.58. The predicted octanol–water partition coefficient (Wildman–Crippen LogP) is 5.01. The molecule has 3 fully saturated rings. The zero-order chi connectivity index (χ0) is 19.4. The van der Waals surface area contributed by atoms with Crippen molar-refractivity contribution in [3.05, 3.63) is 48.3 Å². The van der Waals surface area contributed by atoms with Gasteiger partial charge < -0.3 is 5.32 Å². The van der Waals surface area contributed by atoms with Crippen molar-refractivity contribution in [2.45, 2.75) is 58.4 Å². The van der Waals surface area contributed by atoms with Crippen LogP contribution in [0.3, 0.4) is 0 Å². The van der Waals surface area contributed by atoms with E-state index in [1.54, 1.807) is 6.08 Å². The lowest BCUT2D eigenvalue weighted by atomic mass is 9.48. The molecular weight excluding hydrogens is 344 g/mol. The minimum atomic E-state index is 0.0992. The summed E-state index contributed by atoms with van der Waals surface area (Å²) in [5.74, 6) is 3.08. The fraction of sp³-hybridized carbons (Fsp3) is 0.600. The van der Waals surface area contributed by atoms with Gasteiger partial charge in [0.05, 0.1) is 5.69 Å². The summed E-state index contributed by atoms with van der Waals surface area (Å²) in [5.41, 5.74) is 1.62. The molecule has 7 atom stereocenters. The van der Waals surface area contributed by atoms with Gasteiger partial charge in [-0.25, -0.2) is 0 Å². The fourth-order valence-electron chi connectivity index (χ4n) is 7.38. The van der Waals surface area contributed by atoms with E-state index >= 15 is 0 Å². The van der Waals surface area contributed by atoms with E-state index in [-0.39, 0.29) is 11.3 Å². The molecule has 0 bridgehead atoms. The second-order valence-electron chi connectivity index (χ2n) is 10.1. The van der Waals surface area contributed by atoms with E-state index in [4.69, 9.17) is 0 Å². The van der Waals surface area contributed by atoms with Crippen LogP contribution < -0.4 is 5.32 Å². The van der Waals surface area contributed by atoms with Crippen LogP contribution in [-0.4, -0.2) is 16.9 Å². The third-order valence-corrected chi connectivity index (χ3v) is 8.95. The molecule has 1 aromatic heterocycles. The topological polar surface area (TPSA) is 42.0 Å². The van der Waals surface area contributed by atoms with Crippen LogP contribution in [0.4, 0.5) is 0 Å². The number of pyridine rings is 1. The average molecular weight is 377 g/mol. The maximum absolute atomic E-state index is 11.9. The third kappa shape index (κ3) is 2.69. The molecule has 2 heterocycles. The highest BCUT2D eigenvalue weighted by molar-refractivity contribution is 5.89. The van der Waals surface area contributed by atoms with Crippen LogP contribution >= 0.6 is 0 Å². The average Bonchev–Trinajstić information content (AvgIpc) is 3.04. The van der Waals surface area contributed by atoms with Crippen molar-refractivity contribution in [1.82, 2.24) is 10.3 Å². The van der Waals surface area contributed by atoms with Gasteiger partial charge in [-0.1, -0.05) is 32.1 Å². The lowest BCUT2D eigenvalue weighted by Crippen LogP contribution is -2.59. The molecule has 0 saturated heterocycles. The van der Waals surface area contributed by atoms with Crippen molar-refractivity contribution < 1.29 is 4.79 Å². The Morgan fingerprint density at radius 1 is 1.11 bits per heavy atom. The Labute approximate surface area is 168 Å². The zero-order valence-corrected chi connectivity index (χ0v) is 17.1. The van der Waals surface area contributed by atoms with Crippen molar-refractivity contribution >= 4 is 12.0 Å². The summed E-state index contributed by atoms with van der Waals surface area (Å²) < 4.78 is 0. The molecule has 1 aromatic rings. The normalized spacial score (nSPS) is 44.6. The summed E-state index contributed by atoms with van der Waals surface area (Å²) in [6.07, 6.45) is 18.3. The van der Waals surface area contributed by atoms with Crippen LogP contribution in [0.1, 0.15) is 58.1 Å². The smallest absolute Gasteiger partial charge is 0.243 e. The van der Waals surface area contributed by atoms with Gasteiger partial charge in [-0.15, -0.1) is 0 Å². The molecule has 1 aliphatic heterocycles. The number of hydrogen-bond acceptors (Lipinski definition) is 2. The number of rotatable bonds is 2. The number of carbonyl (C=O) groups excluding carboxylic acids is 1. The van der Waals surface area contributed by atoms with E-state index in [1.807, 2.05) is 12.3 Å². The number of aromatic nitrogens is 1. The van der Waals surface area contributed by atoms with Crippen LogP contribution in [0.25, 0.3) is 6.08 Å². The van der Waals surface area contributed by atoms with Crippen molar-refractivity contribution in [1.29, 1.82) is 0 Å². The highest BCUT2D eigenvalue weighted by Crippen LogP contribution is 2.65. The third-order valence-electron chi connectivity index (χ3n) is 8.95. The Kier molecular flexibility index (Phi) is 4.26. The monoisotopic (exact) mass is 376 g/mol. The summed E-state index contributed by atoms with van der Waals surface area (Å²) in [7, 11) is 0. The molecule has 1 unspecified atom stereocenters. The molecule has 0 spiro atoms. The molecule has 148 valence electrons. The van der Waals surface area contributed by atoms with Crippen LogP contribution in [0.15, 0.2) is 42.6 Å². The summed E-state index contributed by atoms with van der Waals surface area (Å²) in [4.78, 5) is 16.3. The van der Waals surface area contributed by atoms with Crippen LogP contribution in [0.2, 0.25) is 0 Å². The molecule has 3 nitrogen and oxygen atoms in total. The number of nitrogens with one attached hydrogen (secondary N) is 1. The SMILES string of the molecule is C[C@]12CC[C@H]3[C@@H](CCC4NC(=O)C=C[C@@]43C)[C@@H]1CC[C@@H]2/C=C/c1ccccn1. The van der Waals surface area contributed by atoms with Gasteiger partial charge in [-0.2, -0.15) is 0 Å². The number of carbonyl (C=O) groups is 1. The zero-order valence-electron chi connectivity index (χ0n) is 17.1. The van der Waals surface area contributed by atoms with E-state index in [0.717, 1.165) is 24.0 Å². The fourth-order valence-corrected chi connectivity index (χ4v) is 7.38. The van der Waals surface area contributed by atoms with Gasteiger partial charge >= 0.3 is 0 Å². The van der Waals surface area contributed by atoms with Crippen molar-refractivity contribution in [3.63, 3.8) is 0 Å². The minimum Gasteiger partial charge on any atom is -0.349 e. The van der Waals surface area contributed by atoms with E-state index in [2.05, 4.69) is 54.5 Å². The molecule has 0 aromatic carbocycles. The quantitative estimate of drug-likeness (QED) is 0.788. The van der Waals surface area contributed by atoms with Gasteiger partial charge in [-0.3, -0.25) is 9.78 Å². The predicted molar refractivity (Wildman–Crippen MR) is 112 cm³/mol. The molecular formula is C25H32N2O. The molecule has 0 radical (unpaired) electrons. The van der Waals surface area contributed by atoms with Gasteiger partial charge in [-0.05, 0) is 91.9 Å². The first-order valence-corrected chi connectivity index (χ1v) is 11.1. The molecule has 3 saturated carbocycles. The summed E-state index contributed by atoms with van der Waals surface area (Å²) in [5, 5.41) is 3.26. The van der Waals surface area contributed by atoms with E-state index in [0.29, 0.717) is 23.3 Å². The van der Waals surface area contributed by atoms with Gasteiger partial charge in [0.25, 0.3) is 0 Å². The maximum atomic E-state index is 11.9. The van der Waals surface area contributed by atoms with Crippen molar-refractivity contribution in [2.24, 2.45) is 34.5 Å². The largest absolute Gasteiger partial charge is 0.349 e. The first kappa shape index (κ1) is 18.1. The Bertz CT molecular complexity index is 815. The summed E-state index contributed by atoms with van der Waals surface area (Å²) >= 11 is 0. The molecule has 3 heteroatoms. The number of allylic oxidation sites excluding steroid dienone is 1. The molecule has 1 amide bonds. The molecule has 28 heavy (non-hydrogen) atoms. The summed E-state index contributed by atoms with van der Waals surface area (Å²) in [6.45, 7) is 4.96. The lowest BCUT2D eigenvalue weighted by molar-refractivity contribution is -0.122. The Morgan fingerprint density at radius 3 is 2.82 bits per heavy atom. The number of nitrogens with zero attached hydrogens (tertiary/aromatic N) is 1. The Morgan fingerprint density at radius 2 is 2.00 bits per heavy atom. The Hall–Kier alpha value is -1.90. The van der Waals surface area contributed by atoms with Crippen molar-refractivity contribution in [3.8, 4) is 0 Å². The number of amides is 1. The molecule has 3 aliphatic carbocycles. The minimum absolute atomic E-state index is 0.0992. The van der Waals surface area contributed by atoms with E-state index in [1.165, 1.54) is 32.1 Å². The van der Waals surface area contributed by atoms with Gasteiger partial charge in [0.1, 0.15) is 0 Å². The number of fused-ring (bicyclic) bond motifs is 5. The molecule has 1 N–H and O–H groups in total. The second-order valence-corrected chi connectivity index (χ2v) is 10.1. The highest BCUT2D eigenvalue weighted by Gasteiger charge is 2.59. The van der Waals surface area contributed by atoms with Crippen molar-refractivity contribution in [2.75, 3.05) is 0 Å². The molecule has 5 rings (SSSR count). The summed E-state index contributed by atoms with van der Waals surface area (Å²) in [6, 6.07) is 6.46. The maximum Gasteiger partial charge on any atom is 0.243 e. The van der Waals surface area contributed by atoms with Gasteiger partial charge in [0, 0.05) is 17.7 Å². The standard InChI is InChI=1S/C25H32N2O/c1-24-14-12-21-19(9-11-22-25(21,2)15-13-23(28)27-22)20(24)10-7-17(24)6-8-18-5-3-4-16-26-18/h3-6,8,13,15-17,19-22H,7,9-12,14H2,1-2H3,(H,27,28)/b8-6+/t17-,19-,20-,21-,22?,24+,25+/m0/s1. The number of hydrogen-bond donors (Lipinski definition) is 1. The van der Waals surface area contributed by atoms with Crippen LogP contribution in [0, 0.1) is 34.5 Å².